The fourth-order valence-corrected chi connectivity index (χ4v) is 11.5. The van der Waals surface area contributed by atoms with Gasteiger partial charge in [-0.25, -0.2) is 9.59 Å². The smallest absolute Gasteiger partial charge is 1.00 e. The van der Waals surface area contributed by atoms with E-state index in [1.165, 1.54) is 63.1 Å². The SMILES string of the molecule is CC(=O)OB(OC(C)=O)OC(C)=O.CCN1CCN(Cc2ccc([N+](=O)[O-])c(N(C(=O)OC(C)(C)C)C(=O)OC(C)(C)C)c2)CC1.CCN1CCN(Cc2ccc([N+](=O)[O-])c(N)c2)CC1.CCN1CCN(Cc2ccc([N+](=O)[O-])c(NCc3ccc(OC)cc3)c2)CC1.CCN1CCNCC1.O=BC#CO.O=Cc1ccc([N+](=O)[O-])c(F)c1.[B].[CH3-].[Cl][Ni+][Cl].[H-].[H-].[Na+].[Na+]. The molecular formula is C79H117B3Cl2FN15Na2NiO22. The van der Waals surface area contributed by atoms with Gasteiger partial charge in [-0.3, -0.25) is 74.3 Å². The summed E-state index contributed by atoms with van der Waals surface area (Å²) in [4.78, 5) is 126. The molecule has 46 heteroatoms. The van der Waals surface area contributed by atoms with E-state index in [4.69, 9.17) is 50.1 Å². The molecule has 5 aromatic carbocycles. The zero-order valence-electron chi connectivity index (χ0n) is 76.4. The van der Waals surface area contributed by atoms with Crippen LogP contribution in [0, 0.1) is 65.6 Å². The van der Waals surface area contributed by atoms with E-state index in [2.05, 4.69) is 86.6 Å². The average Bonchev–Trinajstić information content (AvgIpc) is 0.790. The maximum atomic E-state index is 13.0. The molecule has 5 aromatic rings. The number of likely N-dealkylation sites (N-methyl/N-ethyl adjacent to an activating group) is 4. The third kappa shape index (κ3) is 50.3. The van der Waals surface area contributed by atoms with Gasteiger partial charge in [0.1, 0.15) is 40.3 Å². The molecule has 4 saturated heterocycles. The Balaban J connectivity index is -0.000000478. The third-order valence-corrected chi connectivity index (χ3v) is 17.6. The number of piperazine rings is 4. The quantitative estimate of drug-likeness (QED) is 0.0124. The van der Waals surface area contributed by atoms with E-state index in [0.29, 0.717) is 49.8 Å². The normalized spacial score (nSPS) is 13.9. The molecule has 682 valence electrons. The van der Waals surface area contributed by atoms with Crippen molar-refractivity contribution in [2.75, 3.05) is 154 Å². The first-order valence-electron chi connectivity index (χ1n) is 38.5. The summed E-state index contributed by atoms with van der Waals surface area (Å²) in [6.45, 7) is 45.8. The molecule has 4 fully saturated rings. The van der Waals surface area contributed by atoms with Gasteiger partial charge in [-0.15, -0.1) is 0 Å². The van der Waals surface area contributed by atoms with E-state index in [-0.39, 0.29) is 117 Å². The van der Waals surface area contributed by atoms with Crippen molar-refractivity contribution >= 4 is 119 Å². The summed E-state index contributed by atoms with van der Waals surface area (Å²) in [5.41, 5.74) is 7.58. The number of nitro benzene ring substituents is 4. The van der Waals surface area contributed by atoms with Gasteiger partial charge >= 0.3 is 146 Å². The molecule has 0 spiro atoms. The molecule has 9 rings (SSSR count). The minimum atomic E-state index is -1.59. The van der Waals surface area contributed by atoms with Crippen LogP contribution < -0.4 is 85.1 Å². The number of amides is 2. The Morgan fingerprint density at radius 1 is 0.584 bits per heavy atom. The number of ether oxygens (including phenoxy) is 3. The van der Waals surface area contributed by atoms with Crippen molar-refractivity contribution in [1.29, 1.82) is 0 Å². The van der Waals surface area contributed by atoms with Crippen molar-refractivity contribution in [2.24, 2.45) is 0 Å². The van der Waals surface area contributed by atoms with Gasteiger partial charge in [-0.2, -0.15) is 9.29 Å². The standard InChI is InChI=1S/C23H36N4O6.C21H28N4O3.C13H20N4O2.C7H4FNO3.C6H9BO6.C6H14N2.C2HBO2.CH3.B.2ClH.2Na.Ni.2H/c1-8-24-11-13-25(14-12-24)16-17-9-10-18(27(30)31)19(15-17)26(20(28)32-22(2,3)4)21(29)33-23(5,6)7;1-3-23-10-12-24(13-11-23)16-18-6-9-21(25(26)27)20(14-18)22-15-17-4-7-19(28-2)8-5-17;1-2-15-5-7-16(8-6-15)10-11-3-4-13(17(18)19)12(14)9-11;8-6-3-5(4-10)1-2-7(6)9(11)12;1-4(8)11-7(12-5(2)9)13-6(3)10;1-2-8-5-3-7-4-6-8;4-2-1-3-5;;;;;;;;;/h9-10,15H,8,11-14,16H2,1-7H3;4-9,14,22H,3,10-13,15-16H2,1-2H3;3-4,9H,2,5-8,10,14H2,1H3;1-4H;1-3H3;7H,2-6H2,1H3;4H;1H3;;2*1H;;;;;/q;;;;;;;-1;;;;2*+1;+3;2*-1/p-2. The minimum Gasteiger partial charge on any atom is -1.00 e. The van der Waals surface area contributed by atoms with Crippen molar-refractivity contribution in [3.63, 3.8) is 0 Å². The van der Waals surface area contributed by atoms with Gasteiger partial charge in [0, 0.05) is 190 Å². The number of nitrogens with one attached hydrogen (secondary N) is 2. The molecule has 4 aliphatic heterocycles. The van der Waals surface area contributed by atoms with Crippen molar-refractivity contribution in [1.82, 2.24) is 39.6 Å². The number of nitrogens with zero attached hydrogens (tertiary/aromatic N) is 12. The van der Waals surface area contributed by atoms with E-state index in [1.807, 2.05) is 36.4 Å². The number of carbonyl (C=O) groups excluding carboxylic acids is 6. The number of nitrogens with two attached hydrogens (primary N) is 1. The number of aliphatic hydroxyl groups is 1. The van der Waals surface area contributed by atoms with Crippen LogP contribution in [0.1, 0.15) is 125 Å². The largest absolute Gasteiger partial charge is 1.00 e. The number of hydrogen-bond acceptors (Lipinski definition) is 32. The van der Waals surface area contributed by atoms with Crippen molar-refractivity contribution in [3.8, 4) is 17.7 Å². The molecule has 0 aliphatic carbocycles. The van der Waals surface area contributed by atoms with Crippen LogP contribution >= 0.6 is 20.4 Å². The van der Waals surface area contributed by atoms with Crippen LogP contribution in [-0.2, 0) is 81.4 Å². The number of hydrogen-bond donors (Lipinski definition) is 4. The molecule has 4 aliphatic rings. The van der Waals surface area contributed by atoms with Gasteiger partial charge in [0.2, 0.25) is 5.82 Å². The van der Waals surface area contributed by atoms with E-state index < -0.39 is 74.9 Å². The number of benzene rings is 5. The summed E-state index contributed by atoms with van der Waals surface area (Å²) < 4.78 is 50.7. The molecule has 0 bridgehead atoms. The number of rotatable bonds is 23. The molecule has 5 N–H and O–H groups in total. The van der Waals surface area contributed by atoms with Gasteiger partial charge in [-0.1, -0.05) is 58.0 Å². The average molecular weight is 1860 g/mol. The molecular weight excluding hydrogens is 1740 g/mol. The first-order valence-corrected chi connectivity index (χ1v) is 41.2. The first-order chi connectivity index (χ1) is 57.2. The molecule has 0 aromatic heterocycles. The Morgan fingerprint density at radius 3 is 1.24 bits per heavy atom. The number of nitro groups is 4. The van der Waals surface area contributed by atoms with E-state index in [9.17, 15) is 73.6 Å². The molecule has 2 amide bonds. The molecule has 125 heavy (non-hydrogen) atoms. The second kappa shape index (κ2) is 65.5. The van der Waals surface area contributed by atoms with Crippen molar-refractivity contribution in [3.05, 3.63) is 179 Å². The van der Waals surface area contributed by atoms with E-state index in [0.717, 1.165) is 172 Å². The predicted octanol–water partition coefficient (Wildman–Crippen LogP) is 5.20. The zero-order chi connectivity index (χ0) is 91.0. The van der Waals surface area contributed by atoms with Crippen LogP contribution in [0.25, 0.3) is 0 Å². The van der Waals surface area contributed by atoms with Gasteiger partial charge in [0.15, 0.2) is 0 Å². The van der Waals surface area contributed by atoms with E-state index >= 15 is 0 Å². The number of aliphatic hydroxyl groups excluding tert-OH is 1. The fourth-order valence-electron chi connectivity index (χ4n) is 11.5. The number of methoxy groups -OCH3 is 1. The van der Waals surface area contributed by atoms with Gasteiger partial charge < -0.3 is 74.4 Å². The monoisotopic (exact) mass is 1850 g/mol. The number of imide groups is 1. The van der Waals surface area contributed by atoms with Crippen LogP contribution in [0.3, 0.4) is 0 Å². The fraction of sp³-hybridized carbons (Fsp3) is 0.506. The molecule has 37 nitrogen and oxygen atoms in total. The van der Waals surface area contributed by atoms with Crippen LogP contribution in [0.4, 0.5) is 53.8 Å². The van der Waals surface area contributed by atoms with Crippen LogP contribution in [0.2, 0.25) is 0 Å². The number of nitrogen functional groups attached to an aromatic ring is 1. The first kappa shape index (κ1) is 121. The maximum absolute atomic E-state index is 13.0. The number of halogens is 3. The third-order valence-electron chi connectivity index (χ3n) is 17.6. The Labute approximate surface area is 796 Å². The number of aldehydes is 1. The van der Waals surface area contributed by atoms with Crippen molar-refractivity contribution < 1.29 is 165 Å². The number of anilines is 3. The number of carbonyl (C=O) groups is 6. The summed E-state index contributed by atoms with van der Waals surface area (Å²) in [6.07, 6.45) is -0.245. The molecule has 0 unspecified atom stereocenters. The molecule has 0 atom stereocenters. The Kier molecular flexibility index (Phi) is 63.5. The van der Waals surface area contributed by atoms with Gasteiger partial charge in [0.05, 0.1) is 26.8 Å². The summed E-state index contributed by atoms with van der Waals surface area (Å²) in [6, 6.07) is 25.5. The molecule has 3 radical (unpaired) electrons. The Bertz CT molecular complexity index is 4150. The van der Waals surface area contributed by atoms with Crippen LogP contribution in [-0.4, -0.2) is 268 Å². The Morgan fingerprint density at radius 2 is 0.928 bits per heavy atom. The van der Waals surface area contributed by atoms with Gasteiger partial charge in [-0.05, 0) is 132 Å². The molecule has 0 saturated carbocycles. The predicted molar refractivity (Wildman–Crippen MR) is 468 cm³/mol. The van der Waals surface area contributed by atoms with Crippen molar-refractivity contribution in [2.45, 2.75) is 127 Å². The van der Waals surface area contributed by atoms with E-state index in [1.54, 1.807) is 78.7 Å². The summed E-state index contributed by atoms with van der Waals surface area (Å²) >= 11 is 0.569. The maximum Gasteiger partial charge on any atom is 1.00 e. The molecule has 4 heterocycles. The summed E-state index contributed by atoms with van der Waals surface area (Å²) in [7, 11) is 9.76. The topological polar surface area (TPSA) is 444 Å². The summed E-state index contributed by atoms with van der Waals surface area (Å²) in [5.74, 6) is -0.614. The minimum absolute atomic E-state index is 0. The zero-order valence-corrected chi connectivity index (χ0v) is 80.9. The summed E-state index contributed by atoms with van der Waals surface area (Å²) in [5, 5.41) is 58.0. The van der Waals surface area contributed by atoms with Crippen LogP contribution in [0.5, 0.6) is 5.75 Å². The second-order valence-electron chi connectivity index (χ2n) is 28.8. The Hall–Kier alpha value is -8.04. The second-order valence-corrected chi connectivity index (χ2v) is 30.4. The van der Waals surface area contributed by atoms with Crippen LogP contribution in [0.15, 0.2) is 97.1 Å². The van der Waals surface area contributed by atoms with Gasteiger partial charge in [0.25, 0.3) is 35.0 Å².